The van der Waals surface area contributed by atoms with E-state index >= 15 is 0 Å². The molecular formula is C20H16F4N6. The molecule has 3 N–H and O–H groups in total. The zero-order valence-electron chi connectivity index (χ0n) is 15.7. The molecule has 10 heteroatoms. The summed E-state index contributed by atoms with van der Waals surface area (Å²) in [6.07, 6.45) is -3.93. The number of nitrogens with zero attached hydrogens (tertiary/aromatic N) is 4. The molecule has 154 valence electrons. The maximum Gasteiger partial charge on any atom is 0.416 e. The molecule has 6 nitrogen and oxygen atoms in total. The van der Waals surface area contributed by atoms with Crippen molar-refractivity contribution >= 4 is 28.5 Å². The van der Waals surface area contributed by atoms with Crippen LogP contribution in [0.3, 0.4) is 0 Å². The Hall–Kier alpha value is -3.69. The van der Waals surface area contributed by atoms with Crippen molar-refractivity contribution in [1.29, 1.82) is 0 Å². The summed E-state index contributed by atoms with van der Waals surface area (Å²) >= 11 is 0. The number of nitrogen functional groups attached to an aromatic ring is 1. The van der Waals surface area contributed by atoms with Gasteiger partial charge in [-0.05, 0) is 36.4 Å². The SMILES string of the molecule is CCc1nc2ccccc2n1-c1nc(Nc2ccc(C(F)(F)F)cc2)nc(N)c1F. The predicted octanol–water partition coefficient (Wildman–Crippen LogP) is 4.86. The summed E-state index contributed by atoms with van der Waals surface area (Å²) in [6.45, 7) is 1.88. The Morgan fingerprint density at radius 2 is 1.70 bits per heavy atom. The zero-order valence-corrected chi connectivity index (χ0v) is 15.7. The highest BCUT2D eigenvalue weighted by Gasteiger charge is 2.30. The number of para-hydroxylation sites is 2. The smallest absolute Gasteiger partial charge is 0.381 e. The molecule has 0 unspecified atom stereocenters. The molecule has 0 saturated carbocycles. The number of nitrogens with one attached hydrogen (secondary N) is 1. The van der Waals surface area contributed by atoms with Gasteiger partial charge in [0, 0.05) is 12.1 Å². The monoisotopic (exact) mass is 416 g/mol. The van der Waals surface area contributed by atoms with Gasteiger partial charge in [-0.2, -0.15) is 27.5 Å². The first-order chi connectivity index (χ1) is 14.3. The number of halogens is 4. The van der Waals surface area contributed by atoms with Crippen LogP contribution >= 0.6 is 0 Å². The standard InChI is InChI=1S/C20H16F4N6/c1-2-15-27-13-5-3-4-6-14(13)30(15)18-16(21)17(25)28-19(29-18)26-12-9-7-11(8-10-12)20(22,23)24/h3-10H,2H2,1H3,(H3,25,26,28,29). The minimum Gasteiger partial charge on any atom is -0.381 e. The number of anilines is 3. The van der Waals surface area contributed by atoms with Gasteiger partial charge < -0.3 is 11.1 Å². The molecule has 0 aliphatic rings. The van der Waals surface area contributed by atoms with E-state index in [4.69, 9.17) is 5.73 Å². The minimum absolute atomic E-state index is 0.0523. The largest absolute Gasteiger partial charge is 0.416 e. The molecule has 0 saturated heterocycles. The van der Waals surface area contributed by atoms with Crippen molar-refractivity contribution in [3.05, 3.63) is 65.7 Å². The number of hydrogen-bond donors (Lipinski definition) is 2. The van der Waals surface area contributed by atoms with E-state index in [1.54, 1.807) is 22.8 Å². The molecule has 4 rings (SSSR count). The minimum atomic E-state index is -4.44. The summed E-state index contributed by atoms with van der Waals surface area (Å²) in [7, 11) is 0. The normalized spacial score (nSPS) is 11.8. The molecule has 2 heterocycles. The second-order valence-electron chi connectivity index (χ2n) is 6.48. The topological polar surface area (TPSA) is 81.7 Å². The molecule has 0 radical (unpaired) electrons. The van der Waals surface area contributed by atoms with Crippen molar-refractivity contribution in [3.63, 3.8) is 0 Å². The number of aromatic nitrogens is 4. The highest BCUT2D eigenvalue weighted by Crippen LogP contribution is 2.31. The molecule has 0 amide bonds. The maximum atomic E-state index is 14.9. The fraction of sp³-hybridized carbons (Fsp3) is 0.150. The molecular weight excluding hydrogens is 400 g/mol. The van der Waals surface area contributed by atoms with Crippen LogP contribution in [0.25, 0.3) is 16.9 Å². The third-order valence-electron chi connectivity index (χ3n) is 4.49. The first-order valence-corrected chi connectivity index (χ1v) is 9.02. The van der Waals surface area contributed by atoms with Crippen LogP contribution in [0.1, 0.15) is 18.3 Å². The Morgan fingerprint density at radius 3 is 2.37 bits per heavy atom. The lowest BCUT2D eigenvalue weighted by atomic mass is 10.2. The number of alkyl halides is 3. The molecule has 30 heavy (non-hydrogen) atoms. The Labute approximate surface area is 168 Å². The van der Waals surface area contributed by atoms with Crippen LogP contribution in [0.5, 0.6) is 0 Å². The van der Waals surface area contributed by atoms with Gasteiger partial charge >= 0.3 is 6.18 Å². The van der Waals surface area contributed by atoms with Crippen molar-refractivity contribution in [3.8, 4) is 5.82 Å². The molecule has 0 aliphatic heterocycles. The number of rotatable bonds is 4. The van der Waals surface area contributed by atoms with Crippen LogP contribution in [-0.4, -0.2) is 19.5 Å². The van der Waals surface area contributed by atoms with Gasteiger partial charge in [0.1, 0.15) is 5.82 Å². The van der Waals surface area contributed by atoms with E-state index < -0.39 is 23.4 Å². The maximum absolute atomic E-state index is 14.9. The molecule has 2 aromatic heterocycles. The summed E-state index contributed by atoms with van der Waals surface area (Å²) in [5.41, 5.74) is 6.58. The second-order valence-corrected chi connectivity index (χ2v) is 6.48. The van der Waals surface area contributed by atoms with Crippen molar-refractivity contribution in [2.24, 2.45) is 0 Å². The van der Waals surface area contributed by atoms with E-state index in [-0.39, 0.29) is 11.8 Å². The van der Waals surface area contributed by atoms with Gasteiger partial charge in [0.05, 0.1) is 16.6 Å². The van der Waals surface area contributed by atoms with Crippen molar-refractivity contribution in [2.75, 3.05) is 11.1 Å². The summed E-state index contributed by atoms with van der Waals surface area (Å²) in [4.78, 5) is 12.6. The predicted molar refractivity (Wildman–Crippen MR) is 105 cm³/mol. The lowest BCUT2D eigenvalue weighted by molar-refractivity contribution is -0.137. The third-order valence-corrected chi connectivity index (χ3v) is 4.49. The first-order valence-electron chi connectivity index (χ1n) is 9.02. The molecule has 2 aromatic carbocycles. The summed E-state index contributed by atoms with van der Waals surface area (Å²) in [6, 6.07) is 11.5. The number of benzene rings is 2. The van der Waals surface area contributed by atoms with Gasteiger partial charge in [0.2, 0.25) is 11.8 Å². The molecule has 0 fully saturated rings. The number of imidazole rings is 1. The fourth-order valence-electron chi connectivity index (χ4n) is 3.08. The molecule has 0 aliphatic carbocycles. The van der Waals surface area contributed by atoms with E-state index in [1.165, 1.54) is 12.1 Å². The Morgan fingerprint density at radius 1 is 1.00 bits per heavy atom. The fourth-order valence-corrected chi connectivity index (χ4v) is 3.08. The zero-order chi connectivity index (χ0) is 21.5. The van der Waals surface area contributed by atoms with Gasteiger partial charge in [-0.1, -0.05) is 19.1 Å². The summed E-state index contributed by atoms with van der Waals surface area (Å²) < 4.78 is 54.6. The number of fused-ring (bicyclic) bond motifs is 1. The van der Waals surface area contributed by atoms with E-state index in [1.807, 2.05) is 13.0 Å². The Kier molecular flexibility index (Phi) is 4.76. The Bertz CT molecular complexity index is 1210. The van der Waals surface area contributed by atoms with Gasteiger partial charge in [0.25, 0.3) is 0 Å². The quantitative estimate of drug-likeness (QED) is 0.464. The molecule has 4 aromatic rings. The summed E-state index contributed by atoms with van der Waals surface area (Å²) in [5.74, 6) is -0.778. The van der Waals surface area contributed by atoms with E-state index in [2.05, 4.69) is 20.3 Å². The molecule has 0 spiro atoms. The van der Waals surface area contributed by atoms with E-state index in [9.17, 15) is 17.6 Å². The molecule has 0 atom stereocenters. The average molecular weight is 416 g/mol. The second kappa shape index (κ2) is 7.29. The lowest BCUT2D eigenvalue weighted by Gasteiger charge is -2.13. The van der Waals surface area contributed by atoms with Gasteiger partial charge in [0.15, 0.2) is 11.6 Å². The van der Waals surface area contributed by atoms with E-state index in [0.29, 0.717) is 29.0 Å². The van der Waals surface area contributed by atoms with Crippen molar-refractivity contribution < 1.29 is 17.6 Å². The van der Waals surface area contributed by atoms with Crippen LogP contribution < -0.4 is 11.1 Å². The lowest BCUT2D eigenvalue weighted by Crippen LogP contribution is -2.12. The number of hydrogen-bond acceptors (Lipinski definition) is 5. The van der Waals surface area contributed by atoms with Crippen LogP contribution in [0.4, 0.5) is 35.0 Å². The number of aryl methyl sites for hydroxylation is 1. The van der Waals surface area contributed by atoms with Gasteiger partial charge in [-0.25, -0.2) is 4.98 Å². The van der Waals surface area contributed by atoms with Crippen LogP contribution in [-0.2, 0) is 12.6 Å². The van der Waals surface area contributed by atoms with E-state index in [0.717, 1.165) is 12.1 Å². The number of nitrogens with two attached hydrogens (primary N) is 1. The average Bonchev–Trinajstić information content (AvgIpc) is 3.09. The van der Waals surface area contributed by atoms with Gasteiger partial charge in [-0.15, -0.1) is 0 Å². The highest BCUT2D eigenvalue weighted by molar-refractivity contribution is 5.78. The Balaban J connectivity index is 1.78. The van der Waals surface area contributed by atoms with Crippen LogP contribution in [0.15, 0.2) is 48.5 Å². The van der Waals surface area contributed by atoms with Crippen LogP contribution in [0.2, 0.25) is 0 Å². The first kappa shape index (κ1) is 19.6. The molecule has 0 bridgehead atoms. The van der Waals surface area contributed by atoms with Gasteiger partial charge in [-0.3, -0.25) is 4.57 Å². The van der Waals surface area contributed by atoms with Crippen molar-refractivity contribution in [2.45, 2.75) is 19.5 Å². The third kappa shape index (κ3) is 3.51. The highest BCUT2D eigenvalue weighted by atomic mass is 19.4. The van der Waals surface area contributed by atoms with Crippen molar-refractivity contribution in [1.82, 2.24) is 19.5 Å². The summed E-state index contributed by atoms with van der Waals surface area (Å²) in [5, 5.41) is 2.77. The van der Waals surface area contributed by atoms with Crippen LogP contribution in [0, 0.1) is 5.82 Å².